The smallest absolute Gasteiger partial charge is 0.220 e. The van der Waals surface area contributed by atoms with Gasteiger partial charge in [0.1, 0.15) is 0 Å². The predicted octanol–water partition coefficient (Wildman–Crippen LogP) is 0.653. The molecule has 0 spiro atoms. The zero-order valence-electron chi connectivity index (χ0n) is 10.4. The summed E-state index contributed by atoms with van der Waals surface area (Å²) in [6.45, 7) is 5.86. The van der Waals surface area contributed by atoms with Crippen LogP contribution in [0.5, 0.6) is 0 Å². The number of rotatable bonds is 5. The largest absolute Gasteiger partial charge is 0.394 e. The first-order valence-electron chi connectivity index (χ1n) is 6.22. The first-order valence-corrected chi connectivity index (χ1v) is 6.22. The first-order chi connectivity index (χ1) is 7.59. The minimum atomic E-state index is -0.459. The van der Waals surface area contributed by atoms with Gasteiger partial charge in [-0.15, -0.1) is 0 Å². The van der Waals surface area contributed by atoms with Gasteiger partial charge in [0, 0.05) is 6.42 Å². The van der Waals surface area contributed by atoms with Gasteiger partial charge in [0.2, 0.25) is 5.91 Å². The van der Waals surface area contributed by atoms with Crippen LogP contribution in [-0.2, 0) is 4.79 Å². The van der Waals surface area contributed by atoms with Crippen molar-refractivity contribution >= 4 is 5.91 Å². The molecule has 0 aliphatic carbocycles. The van der Waals surface area contributed by atoms with E-state index in [-0.39, 0.29) is 12.5 Å². The summed E-state index contributed by atoms with van der Waals surface area (Å²) in [6.07, 6.45) is 3.60. The zero-order chi connectivity index (χ0) is 12.0. The van der Waals surface area contributed by atoms with Crippen LogP contribution in [-0.4, -0.2) is 36.2 Å². The van der Waals surface area contributed by atoms with Gasteiger partial charge < -0.3 is 15.7 Å². The van der Waals surface area contributed by atoms with E-state index in [2.05, 4.69) is 10.6 Å². The van der Waals surface area contributed by atoms with Crippen molar-refractivity contribution in [1.29, 1.82) is 0 Å². The third kappa shape index (κ3) is 4.10. The molecule has 0 radical (unpaired) electrons. The SMILES string of the molecule is CCC(C)(CO)NC(=O)CC1CCCNC1. The van der Waals surface area contributed by atoms with Gasteiger partial charge in [-0.1, -0.05) is 6.92 Å². The normalized spacial score (nSPS) is 24.8. The number of piperidine rings is 1. The maximum Gasteiger partial charge on any atom is 0.220 e. The monoisotopic (exact) mass is 228 g/mol. The molecule has 4 heteroatoms. The summed E-state index contributed by atoms with van der Waals surface area (Å²) < 4.78 is 0. The van der Waals surface area contributed by atoms with E-state index in [0.717, 1.165) is 32.4 Å². The van der Waals surface area contributed by atoms with Crippen LogP contribution >= 0.6 is 0 Å². The minimum absolute atomic E-state index is 0.00183. The number of hydrogen-bond donors (Lipinski definition) is 3. The molecule has 1 aliphatic rings. The molecular weight excluding hydrogens is 204 g/mol. The quantitative estimate of drug-likeness (QED) is 0.647. The van der Waals surface area contributed by atoms with Crippen LogP contribution in [0.4, 0.5) is 0 Å². The van der Waals surface area contributed by atoms with Crippen LogP contribution < -0.4 is 10.6 Å². The average Bonchev–Trinajstić information content (AvgIpc) is 2.30. The van der Waals surface area contributed by atoms with Gasteiger partial charge in [0.05, 0.1) is 12.1 Å². The van der Waals surface area contributed by atoms with E-state index in [4.69, 9.17) is 0 Å². The van der Waals surface area contributed by atoms with Crippen LogP contribution in [0.3, 0.4) is 0 Å². The second-order valence-electron chi connectivity index (χ2n) is 5.04. The van der Waals surface area contributed by atoms with Gasteiger partial charge in [0.15, 0.2) is 0 Å². The fourth-order valence-electron chi connectivity index (χ4n) is 1.99. The lowest BCUT2D eigenvalue weighted by molar-refractivity contribution is -0.124. The van der Waals surface area contributed by atoms with E-state index in [1.54, 1.807) is 0 Å². The van der Waals surface area contributed by atoms with Gasteiger partial charge in [-0.05, 0) is 45.2 Å². The molecule has 3 N–H and O–H groups in total. The Morgan fingerprint density at radius 1 is 1.62 bits per heavy atom. The van der Waals surface area contributed by atoms with Crippen LogP contribution in [0, 0.1) is 5.92 Å². The molecule has 4 nitrogen and oxygen atoms in total. The van der Waals surface area contributed by atoms with Gasteiger partial charge in [-0.3, -0.25) is 4.79 Å². The summed E-state index contributed by atoms with van der Waals surface area (Å²) in [7, 11) is 0. The lowest BCUT2D eigenvalue weighted by Crippen LogP contribution is -2.49. The Kier molecular flexibility index (Phi) is 5.22. The predicted molar refractivity (Wildman–Crippen MR) is 64.1 cm³/mol. The van der Waals surface area contributed by atoms with Crippen molar-refractivity contribution in [2.24, 2.45) is 5.92 Å². The molecule has 1 fully saturated rings. The molecule has 94 valence electrons. The number of nitrogens with one attached hydrogen (secondary N) is 2. The maximum absolute atomic E-state index is 11.8. The molecule has 1 amide bonds. The molecule has 2 atom stereocenters. The Bertz CT molecular complexity index is 221. The molecule has 0 bridgehead atoms. The summed E-state index contributed by atoms with van der Waals surface area (Å²) in [6, 6.07) is 0. The van der Waals surface area contributed by atoms with Crippen molar-refractivity contribution in [3.63, 3.8) is 0 Å². The molecule has 0 saturated carbocycles. The van der Waals surface area contributed by atoms with Crippen molar-refractivity contribution in [1.82, 2.24) is 10.6 Å². The summed E-state index contributed by atoms with van der Waals surface area (Å²) in [5.74, 6) is 0.514. The zero-order valence-corrected chi connectivity index (χ0v) is 10.4. The minimum Gasteiger partial charge on any atom is -0.394 e. The first kappa shape index (κ1) is 13.5. The number of amides is 1. The van der Waals surface area contributed by atoms with Gasteiger partial charge in [0.25, 0.3) is 0 Å². The molecule has 0 aromatic heterocycles. The Morgan fingerprint density at radius 3 is 2.88 bits per heavy atom. The molecule has 16 heavy (non-hydrogen) atoms. The number of carbonyl (C=O) groups excluding carboxylic acids is 1. The molecule has 0 aromatic carbocycles. The van der Waals surface area contributed by atoms with E-state index < -0.39 is 5.54 Å². The summed E-state index contributed by atoms with van der Waals surface area (Å²) >= 11 is 0. The average molecular weight is 228 g/mol. The van der Waals surface area contributed by atoms with Crippen molar-refractivity contribution in [3.8, 4) is 0 Å². The molecule has 1 heterocycles. The van der Waals surface area contributed by atoms with Gasteiger partial charge in [-0.2, -0.15) is 0 Å². The Hall–Kier alpha value is -0.610. The molecule has 0 aromatic rings. The highest BCUT2D eigenvalue weighted by molar-refractivity contribution is 5.77. The summed E-state index contributed by atoms with van der Waals surface area (Å²) in [4.78, 5) is 11.8. The number of carbonyl (C=O) groups is 1. The van der Waals surface area contributed by atoms with Gasteiger partial charge in [-0.25, -0.2) is 0 Å². The van der Waals surface area contributed by atoms with Gasteiger partial charge >= 0.3 is 0 Å². The number of aliphatic hydroxyl groups is 1. The molecule has 2 unspecified atom stereocenters. The van der Waals surface area contributed by atoms with Crippen LogP contribution in [0.15, 0.2) is 0 Å². The Labute approximate surface area is 97.8 Å². The highest BCUT2D eigenvalue weighted by atomic mass is 16.3. The fourth-order valence-corrected chi connectivity index (χ4v) is 1.99. The molecule has 1 saturated heterocycles. The number of hydrogen-bond acceptors (Lipinski definition) is 3. The molecule has 1 rings (SSSR count). The maximum atomic E-state index is 11.8. The highest BCUT2D eigenvalue weighted by Crippen LogP contribution is 2.15. The van der Waals surface area contributed by atoms with E-state index >= 15 is 0 Å². The summed E-state index contributed by atoms with van der Waals surface area (Å²) in [5, 5.41) is 15.4. The fraction of sp³-hybridized carbons (Fsp3) is 0.917. The lowest BCUT2D eigenvalue weighted by Gasteiger charge is -2.29. The second kappa shape index (κ2) is 6.21. The molecule has 1 aliphatic heterocycles. The number of aliphatic hydroxyl groups excluding tert-OH is 1. The Morgan fingerprint density at radius 2 is 2.38 bits per heavy atom. The lowest BCUT2D eigenvalue weighted by atomic mass is 9.94. The van der Waals surface area contributed by atoms with Crippen LogP contribution in [0.2, 0.25) is 0 Å². The summed E-state index contributed by atoms with van der Waals surface area (Å²) in [5.41, 5.74) is -0.459. The van der Waals surface area contributed by atoms with E-state index in [1.165, 1.54) is 0 Å². The standard InChI is InChI=1S/C12H24N2O2/c1-3-12(2,9-15)14-11(16)7-10-5-4-6-13-8-10/h10,13,15H,3-9H2,1-2H3,(H,14,16). The topological polar surface area (TPSA) is 61.4 Å². The van der Waals surface area contributed by atoms with Crippen molar-refractivity contribution < 1.29 is 9.90 Å². The van der Waals surface area contributed by atoms with Crippen molar-refractivity contribution in [2.75, 3.05) is 19.7 Å². The molecular formula is C12H24N2O2. The second-order valence-corrected chi connectivity index (χ2v) is 5.04. The van der Waals surface area contributed by atoms with E-state index in [0.29, 0.717) is 12.3 Å². The third-order valence-electron chi connectivity index (χ3n) is 3.44. The van der Waals surface area contributed by atoms with E-state index in [9.17, 15) is 9.90 Å². The van der Waals surface area contributed by atoms with Crippen LogP contribution in [0.1, 0.15) is 39.5 Å². The van der Waals surface area contributed by atoms with E-state index in [1.807, 2.05) is 13.8 Å². The van der Waals surface area contributed by atoms with Crippen molar-refractivity contribution in [2.45, 2.75) is 45.1 Å². The highest BCUT2D eigenvalue weighted by Gasteiger charge is 2.25. The Balaban J connectivity index is 2.34. The van der Waals surface area contributed by atoms with Crippen molar-refractivity contribution in [3.05, 3.63) is 0 Å². The van der Waals surface area contributed by atoms with Crippen LogP contribution in [0.25, 0.3) is 0 Å². The third-order valence-corrected chi connectivity index (χ3v) is 3.44.